The summed E-state index contributed by atoms with van der Waals surface area (Å²) in [7, 11) is 0. The predicted octanol–water partition coefficient (Wildman–Crippen LogP) is 2.45. The number of halogens is 2. The van der Waals surface area contributed by atoms with Crippen LogP contribution in [-0.4, -0.2) is 19.0 Å². The molecule has 0 bridgehead atoms. The SMILES string of the molecule is CC(C)C(=O)NCCNCc1cc(F)ccc1Br. The van der Waals surface area contributed by atoms with E-state index in [0.29, 0.717) is 19.6 Å². The summed E-state index contributed by atoms with van der Waals surface area (Å²) in [5, 5.41) is 5.96. The summed E-state index contributed by atoms with van der Waals surface area (Å²) in [6.45, 7) is 5.50. The Balaban J connectivity index is 2.26. The largest absolute Gasteiger partial charge is 0.355 e. The molecule has 0 radical (unpaired) electrons. The molecule has 3 nitrogen and oxygen atoms in total. The maximum atomic E-state index is 13.0. The van der Waals surface area contributed by atoms with Crippen LogP contribution in [-0.2, 0) is 11.3 Å². The van der Waals surface area contributed by atoms with E-state index in [-0.39, 0.29) is 17.6 Å². The van der Waals surface area contributed by atoms with Crippen LogP contribution in [0.15, 0.2) is 22.7 Å². The second kappa shape index (κ2) is 7.48. The summed E-state index contributed by atoms with van der Waals surface area (Å²) in [4.78, 5) is 11.3. The van der Waals surface area contributed by atoms with Gasteiger partial charge in [-0.2, -0.15) is 0 Å². The summed E-state index contributed by atoms with van der Waals surface area (Å²) < 4.78 is 13.9. The summed E-state index contributed by atoms with van der Waals surface area (Å²) in [6, 6.07) is 4.59. The molecule has 0 aliphatic rings. The third-order valence-electron chi connectivity index (χ3n) is 2.45. The molecule has 1 rings (SSSR count). The van der Waals surface area contributed by atoms with E-state index in [1.54, 1.807) is 6.07 Å². The lowest BCUT2D eigenvalue weighted by atomic mass is 10.2. The van der Waals surface area contributed by atoms with Crippen LogP contribution in [0.3, 0.4) is 0 Å². The average Bonchev–Trinajstić information content (AvgIpc) is 2.32. The van der Waals surface area contributed by atoms with Gasteiger partial charge in [0.15, 0.2) is 0 Å². The molecule has 0 aliphatic carbocycles. The molecule has 100 valence electrons. The van der Waals surface area contributed by atoms with Crippen LogP contribution in [0.1, 0.15) is 19.4 Å². The second-order valence-electron chi connectivity index (χ2n) is 4.36. The van der Waals surface area contributed by atoms with Crippen LogP contribution >= 0.6 is 15.9 Å². The Morgan fingerprint density at radius 3 is 2.78 bits per heavy atom. The van der Waals surface area contributed by atoms with E-state index in [2.05, 4.69) is 26.6 Å². The smallest absolute Gasteiger partial charge is 0.222 e. The zero-order valence-corrected chi connectivity index (χ0v) is 12.2. The molecule has 0 aliphatic heterocycles. The van der Waals surface area contributed by atoms with Gasteiger partial charge in [-0.3, -0.25) is 4.79 Å². The predicted molar refractivity (Wildman–Crippen MR) is 73.7 cm³/mol. The molecule has 0 saturated carbocycles. The van der Waals surface area contributed by atoms with Crippen molar-refractivity contribution < 1.29 is 9.18 Å². The summed E-state index contributed by atoms with van der Waals surface area (Å²) in [5.74, 6) is -0.200. The number of nitrogens with one attached hydrogen (secondary N) is 2. The van der Waals surface area contributed by atoms with Gasteiger partial charge in [0.2, 0.25) is 5.91 Å². The highest BCUT2D eigenvalue weighted by Crippen LogP contribution is 2.17. The maximum Gasteiger partial charge on any atom is 0.222 e. The lowest BCUT2D eigenvalue weighted by Crippen LogP contribution is -2.34. The molecule has 0 heterocycles. The maximum absolute atomic E-state index is 13.0. The van der Waals surface area contributed by atoms with Gasteiger partial charge in [0.05, 0.1) is 0 Å². The topological polar surface area (TPSA) is 41.1 Å². The number of amides is 1. The number of carbonyl (C=O) groups excluding carboxylic acids is 1. The Labute approximate surface area is 115 Å². The molecule has 0 atom stereocenters. The Bertz CT molecular complexity index is 410. The summed E-state index contributed by atoms with van der Waals surface area (Å²) in [6.07, 6.45) is 0. The van der Waals surface area contributed by atoms with Gasteiger partial charge in [-0.1, -0.05) is 29.8 Å². The zero-order chi connectivity index (χ0) is 13.5. The Morgan fingerprint density at radius 2 is 2.11 bits per heavy atom. The minimum atomic E-state index is -0.247. The van der Waals surface area contributed by atoms with E-state index >= 15 is 0 Å². The molecule has 0 aromatic heterocycles. The van der Waals surface area contributed by atoms with Gasteiger partial charge in [0, 0.05) is 30.0 Å². The molecule has 2 N–H and O–H groups in total. The molecule has 5 heteroatoms. The number of rotatable bonds is 6. The molecule has 0 unspecified atom stereocenters. The molecule has 18 heavy (non-hydrogen) atoms. The molecule has 0 saturated heterocycles. The van der Waals surface area contributed by atoms with Gasteiger partial charge in [-0.15, -0.1) is 0 Å². The van der Waals surface area contributed by atoms with Crippen LogP contribution in [0.4, 0.5) is 4.39 Å². The van der Waals surface area contributed by atoms with Crippen molar-refractivity contribution >= 4 is 21.8 Å². The van der Waals surface area contributed by atoms with Crippen molar-refractivity contribution in [1.29, 1.82) is 0 Å². The van der Waals surface area contributed by atoms with E-state index < -0.39 is 0 Å². The highest BCUT2D eigenvalue weighted by atomic mass is 79.9. The van der Waals surface area contributed by atoms with Crippen molar-refractivity contribution in [1.82, 2.24) is 10.6 Å². The standard InChI is InChI=1S/C13H18BrFN2O/c1-9(2)13(18)17-6-5-16-8-10-7-11(15)3-4-12(10)14/h3-4,7,9,16H,5-6,8H2,1-2H3,(H,17,18). The van der Waals surface area contributed by atoms with Gasteiger partial charge in [0.1, 0.15) is 5.82 Å². The van der Waals surface area contributed by atoms with Crippen LogP contribution < -0.4 is 10.6 Å². The van der Waals surface area contributed by atoms with E-state index in [0.717, 1.165) is 10.0 Å². The average molecular weight is 317 g/mol. The molecular weight excluding hydrogens is 299 g/mol. The molecule has 1 amide bonds. The van der Waals surface area contributed by atoms with Crippen LogP contribution in [0.25, 0.3) is 0 Å². The first kappa shape index (κ1) is 15.1. The Kier molecular flexibility index (Phi) is 6.29. The fourth-order valence-corrected chi connectivity index (χ4v) is 1.77. The lowest BCUT2D eigenvalue weighted by molar-refractivity contribution is -0.123. The van der Waals surface area contributed by atoms with Crippen molar-refractivity contribution in [3.05, 3.63) is 34.1 Å². The van der Waals surface area contributed by atoms with Gasteiger partial charge >= 0.3 is 0 Å². The van der Waals surface area contributed by atoms with E-state index in [1.165, 1.54) is 12.1 Å². The van der Waals surface area contributed by atoms with Crippen molar-refractivity contribution in [2.45, 2.75) is 20.4 Å². The van der Waals surface area contributed by atoms with Crippen molar-refractivity contribution in [2.75, 3.05) is 13.1 Å². The van der Waals surface area contributed by atoms with E-state index in [4.69, 9.17) is 0 Å². The minimum absolute atomic E-state index is 0.00219. The van der Waals surface area contributed by atoms with Gasteiger partial charge in [0.25, 0.3) is 0 Å². The first-order valence-electron chi connectivity index (χ1n) is 5.93. The number of carbonyl (C=O) groups is 1. The lowest BCUT2D eigenvalue weighted by Gasteiger charge is -2.09. The number of hydrogen-bond acceptors (Lipinski definition) is 2. The van der Waals surface area contributed by atoms with Crippen molar-refractivity contribution in [3.63, 3.8) is 0 Å². The fourth-order valence-electron chi connectivity index (χ4n) is 1.38. The normalized spacial score (nSPS) is 10.7. The highest BCUT2D eigenvalue weighted by molar-refractivity contribution is 9.10. The van der Waals surface area contributed by atoms with Crippen LogP contribution in [0, 0.1) is 11.7 Å². The third kappa shape index (κ3) is 5.14. The van der Waals surface area contributed by atoms with Gasteiger partial charge in [-0.05, 0) is 23.8 Å². The second-order valence-corrected chi connectivity index (χ2v) is 5.21. The van der Waals surface area contributed by atoms with Crippen molar-refractivity contribution in [3.8, 4) is 0 Å². The molecule has 0 spiro atoms. The van der Waals surface area contributed by atoms with Crippen LogP contribution in [0.2, 0.25) is 0 Å². The van der Waals surface area contributed by atoms with Crippen LogP contribution in [0.5, 0.6) is 0 Å². The first-order valence-corrected chi connectivity index (χ1v) is 6.72. The van der Waals surface area contributed by atoms with Gasteiger partial charge in [-0.25, -0.2) is 4.39 Å². The molecule has 1 aromatic carbocycles. The van der Waals surface area contributed by atoms with E-state index in [9.17, 15) is 9.18 Å². The Hall–Kier alpha value is -0.940. The third-order valence-corrected chi connectivity index (χ3v) is 3.22. The first-order chi connectivity index (χ1) is 8.50. The van der Waals surface area contributed by atoms with Gasteiger partial charge < -0.3 is 10.6 Å². The molecule has 1 aromatic rings. The number of hydrogen-bond donors (Lipinski definition) is 2. The molecule has 0 fully saturated rings. The quantitative estimate of drug-likeness (QED) is 0.791. The monoisotopic (exact) mass is 316 g/mol. The summed E-state index contributed by atoms with van der Waals surface area (Å²) >= 11 is 3.37. The molecular formula is C13H18BrFN2O. The number of benzene rings is 1. The van der Waals surface area contributed by atoms with Crippen molar-refractivity contribution in [2.24, 2.45) is 5.92 Å². The Morgan fingerprint density at radius 1 is 1.39 bits per heavy atom. The fraction of sp³-hybridized carbons (Fsp3) is 0.462. The minimum Gasteiger partial charge on any atom is -0.355 e. The highest BCUT2D eigenvalue weighted by Gasteiger charge is 2.05. The summed E-state index contributed by atoms with van der Waals surface area (Å²) in [5.41, 5.74) is 0.866. The van der Waals surface area contributed by atoms with E-state index in [1.807, 2.05) is 13.8 Å². The zero-order valence-electron chi connectivity index (χ0n) is 10.6.